The Kier molecular flexibility index (Phi) is 8.58. The number of rotatable bonds is 4. The quantitative estimate of drug-likeness (QED) is 0.712. The van der Waals surface area contributed by atoms with Gasteiger partial charge in [-0.1, -0.05) is 48.0 Å². The molecule has 3 rings (SSSR count). The van der Waals surface area contributed by atoms with E-state index in [1.165, 1.54) is 23.3 Å². The van der Waals surface area contributed by atoms with E-state index in [1.54, 1.807) is 12.1 Å². The minimum absolute atomic E-state index is 0.355. The van der Waals surface area contributed by atoms with Gasteiger partial charge in [-0.15, -0.1) is 0 Å². The summed E-state index contributed by atoms with van der Waals surface area (Å²) in [5.41, 5.74) is 2.38. The normalized spacial score (nSPS) is 15.1. The van der Waals surface area contributed by atoms with Crippen LogP contribution in [0, 0.1) is 6.92 Å². The van der Waals surface area contributed by atoms with Crippen molar-refractivity contribution in [3.63, 3.8) is 0 Å². The number of carboxylic acids is 2. The van der Waals surface area contributed by atoms with Gasteiger partial charge in [0.15, 0.2) is 0 Å². The summed E-state index contributed by atoms with van der Waals surface area (Å²) in [6.07, 6.45) is -4.29. The molecule has 0 aromatic heterocycles. The lowest BCUT2D eigenvalue weighted by atomic mass is 10.1. The predicted molar refractivity (Wildman–Crippen MR) is 108 cm³/mol. The van der Waals surface area contributed by atoms with Gasteiger partial charge in [-0.2, -0.15) is 13.2 Å². The van der Waals surface area contributed by atoms with Crippen molar-refractivity contribution in [1.29, 1.82) is 0 Å². The Morgan fingerprint density at radius 2 is 1.42 bits per heavy atom. The molecule has 0 aliphatic carbocycles. The van der Waals surface area contributed by atoms with Crippen molar-refractivity contribution in [2.45, 2.75) is 26.2 Å². The van der Waals surface area contributed by atoms with Crippen LogP contribution in [0.1, 0.15) is 22.3 Å². The van der Waals surface area contributed by atoms with Gasteiger partial charge >= 0.3 is 18.1 Å². The number of benzene rings is 2. The smallest absolute Gasteiger partial charge is 0.416 e. The van der Waals surface area contributed by atoms with Gasteiger partial charge in [-0.25, -0.2) is 9.59 Å². The Morgan fingerprint density at radius 3 is 1.94 bits per heavy atom. The van der Waals surface area contributed by atoms with Crippen LogP contribution >= 0.6 is 0 Å². The maximum absolute atomic E-state index is 13.1. The minimum Gasteiger partial charge on any atom is -0.473 e. The molecule has 1 heterocycles. The van der Waals surface area contributed by atoms with E-state index >= 15 is 0 Å². The molecule has 0 atom stereocenters. The van der Waals surface area contributed by atoms with Gasteiger partial charge in [0.25, 0.3) is 0 Å². The van der Waals surface area contributed by atoms with Crippen molar-refractivity contribution in [3.8, 4) is 0 Å². The summed E-state index contributed by atoms with van der Waals surface area (Å²) in [6.45, 7) is 6.67. The summed E-state index contributed by atoms with van der Waals surface area (Å²) in [5, 5.41) is 14.8. The van der Waals surface area contributed by atoms with Crippen LogP contribution in [0.5, 0.6) is 0 Å². The maximum atomic E-state index is 13.1. The number of nitrogens with zero attached hydrogens (tertiary/aromatic N) is 2. The molecule has 9 heteroatoms. The molecule has 0 radical (unpaired) electrons. The predicted octanol–water partition coefficient (Wildman–Crippen LogP) is 3.49. The monoisotopic (exact) mass is 438 g/mol. The van der Waals surface area contributed by atoms with Gasteiger partial charge < -0.3 is 10.2 Å². The van der Waals surface area contributed by atoms with Gasteiger partial charge in [0.2, 0.25) is 0 Å². The lowest BCUT2D eigenvalue weighted by molar-refractivity contribution is -0.159. The molecule has 0 saturated carbocycles. The Labute approximate surface area is 178 Å². The van der Waals surface area contributed by atoms with Crippen LogP contribution in [0.4, 0.5) is 13.2 Å². The third kappa shape index (κ3) is 8.03. The summed E-state index contributed by atoms with van der Waals surface area (Å²) >= 11 is 0. The zero-order valence-corrected chi connectivity index (χ0v) is 17.1. The first kappa shape index (κ1) is 24.4. The first-order valence-electron chi connectivity index (χ1n) is 9.68. The minimum atomic E-state index is -4.29. The van der Waals surface area contributed by atoms with Crippen LogP contribution in [0.25, 0.3) is 0 Å². The van der Waals surface area contributed by atoms with Gasteiger partial charge in [0.1, 0.15) is 0 Å². The summed E-state index contributed by atoms with van der Waals surface area (Å²) in [5.74, 6) is -3.65. The fraction of sp³-hybridized carbons (Fsp3) is 0.364. The molecule has 2 aromatic rings. The number of hydrogen-bond donors (Lipinski definition) is 2. The molecular weight excluding hydrogens is 413 g/mol. The number of piperazine rings is 1. The topological polar surface area (TPSA) is 81.1 Å². The molecule has 0 spiro atoms. The molecule has 2 N–H and O–H groups in total. The Hall–Kier alpha value is -2.91. The molecule has 0 unspecified atom stereocenters. The average Bonchev–Trinajstić information content (AvgIpc) is 2.69. The lowest BCUT2D eigenvalue weighted by Gasteiger charge is -2.35. The zero-order chi connectivity index (χ0) is 23.0. The highest BCUT2D eigenvalue weighted by molar-refractivity contribution is 6.27. The fourth-order valence-corrected chi connectivity index (χ4v) is 3.35. The summed E-state index contributed by atoms with van der Waals surface area (Å²) < 4.78 is 39.3. The van der Waals surface area contributed by atoms with Crippen LogP contribution in [0.3, 0.4) is 0 Å². The van der Waals surface area contributed by atoms with Gasteiger partial charge in [-0.05, 0) is 24.1 Å². The van der Waals surface area contributed by atoms with E-state index in [2.05, 4.69) is 41.0 Å². The van der Waals surface area contributed by atoms with E-state index < -0.39 is 23.7 Å². The molecule has 168 valence electrons. The zero-order valence-electron chi connectivity index (χ0n) is 17.1. The Balaban J connectivity index is 0.000000501. The standard InChI is InChI=1S/C20H23F3N2.C2H2O4/c1-16-5-4-6-17(13-16)14-24-9-11-25(12-10-24)15-18-7-2-3-8-19(18)20(21,22)23;3-1(4)2(5)6/h2-8,13H,9-12,14-15H2,1H3;(H,3,4)(H,5,6). The molecule has 6 nitrogen and oxygen atoms in total. The maximum Gasteiger partial charge on any atom is 0.416 e. The molecule has 1 saturated heterocycles. The molecular formula is C22H25F3N2O4. The number of halogens is 3. The van der Waals surface area contributed by atoms with Gasteiger partial charge in [0.05, 0.1) is 5.56 Å². The van der Waals surface area contributed by atoms with Crippen molar-refractivity contribution in [2.24, 2.45) is 0 Å². The Bertz CT molecular complexity index is 882. The number of alkyl halides is 3. The summed E-state index contributed by atoms with van der Waals surface area (Å²) in [4.78, 5) is 22.7. The van der Waals surface area contributed by atoms with E-state index in [9.17, 15) is 13.2 Å². The first-order chi connectivity index (χ1) is 14.6. The summed E-state index contributed by atoms with van der Waals surface area (Å²) in [6, 6.07) is 14.3. The van der Waals surface area contributed by atoms with Crippen molar-refractivity contribution >= 4 is 11.9 Å². The second-order valence-electron chi connectivity index (χ2n) is 7.31. The fourth-order valence-electron chi connectivity index (χ4n) is 3.35. The molecule has 1 aliphatic heterocycles. The van der Waals surface area contributed by atoms with E-state index in [4.69, 9.17) is 19.8 Å². The van der Waals surface area contributed by atoms with Crippen molar-refractivity contribution in [2.75, 3.05) is 26.2 Å². The van der Waals surface area contributed by atoms with Crippen molar-refractivity contribution in [3.05, 3.63) is 70.8 Å². The van der Waals surface area contributed by atoms with Crippen LogP contribution < -0.4 is 0 Å². The highest BCUT2D eigenvalue weighted by Gasteiger charge is 2.33. The molecule has 31 heavy (non-hydrogen) atoms. The molecule has 1 fully saturated rings. The van der Waals surface area contributed by atoms with Crippen LogP contribution in [-0.4, -0.2) is 58.1 Å². The second-order valence-corrected chi connectivity index (χ2v) is 7.31. The number of aryl methyl sites for hydroxylation is 1. The largest absolute Gasteiger partial charge is 0.473 e. The Morgan fingerprint density at radius 1 is 0.871 bits per heavy atom. The number of carboxylic acid groups (broad SMARTS) is 2. The highest BCUT2D eigenvalue weighted by atomic mass is 19.4. The molecule has 1 aliphatic rings. The van der Waals surface area contributed by atoms with Crippen molar-refractivity contribution < 1.29 is 33.0 Å². The molecule has 0 bridgehead atoms. The lowest BCUT2D eigenvalue weighted by Crippen LogP contribution is -2.45. The second kappa shape index (κ2) is 10.9. The van der Waals surface area contributed by atoms with E-state index in [0.29, 0.717) is 12.1 Å². The van der Waals surface area contributed by atoms with Crippen molar-refractivity contribution in [1.82, 2.24) is 9.80 Å². The van der Waals surface area contributed by atoms with Gasteiger partial charge in [0, 0.05) is 39.3 Å². The number of carbonyl (C=O) groups is 2. The molecule has 0 amide bonds. The van der Waals surface area contributed by atoms with E-state index in [0.717, 1.165) is 32.7 Å². The third-order valence-corrected chi connectivity index (χ3v) is 4.85. The number of hydrogen-bond acceptors (Lipinski definition) is 4. The van der Waals surface area contributed by atoms with Gasteiger partial charge in [-0.3, -0.25) is 9.80 Å². The average molecular weight is 438 g/mol. The van der Waals surface area contributed by atoms with E-state index in [-0.39, 0.29) is 0 Å². The first-order valence-corrected chi connectivity index (χ1v) is 9.68. The molecule has 2 aromatic carbocycles. The van der Waals surface area contributed by atoms with Crippen LogP contribution in [0.2, 0.25) is 0 Å². The van der Waals surface area contributed by atoms with E-state index in [1.807, 2.05) is 0 Å². The summed E-state index contributed by atoms with van der Waals surface area (Å²) in [7, 11) is 0. The highest BCUT2D eigenvalue weighted by Crippen LogP contribution is 2.32. The third-order valence-electron chi connectivity index (χ3n) is 4.85. The van der Waals surface area contributed by atoms with Crippen LogP contribution in [-0.2, 0) is 28.9 Å². The SMILES string of the molecule is Cc1cccc(CN2CCN(Cc3ccccc3C(F)(F)F)CC2)c1.O=C(O)C(=O)O. The van der Waals surface area contributed by atoms with Crippen LogP contribution in [0.15, 0.2) is 48.5 Å². The number of aliphatic carboxylic acids is 2.